The van der Waals surface area contributed by atoms with E-state index < -0.39 is 0 Å². The van der Waals surface area contributed by atoms with Crippen LogP contribution in [0.5, 0.6) is 0 Å². The van der Waals surface area contributed by atoms with E-state index >= 15 is 0 Å². The number of likely N-dealkylation sites (N-methyl/N-ethyl adjacent to an activating group) is 1. The van der Waals surface area contributed by atoms with Crippen LogP contribution in [0.15, 0.2) is 18.2 Å². The summed E-state index contributed by atoms with van der Waals surface area (Å²) in [5.74, 6) is 0. The van der Waals surface area contributed by atoms with E-state index in [0.717, 1.165) is 18.4 Å². The molecule has 1 saturated heterocycles. The average Bonchev–Trinajstić information content (AvgIpc) is 2.86. The van der Waals surface area contributed by atoms with Crippen molar-refractivity contribution in [3.8, 4) is 0 Å². The lowest BCUT2D eigenvalue weighted by atomic mass is 10.0. The zero-order chi connectivity index (χ0) is 13.0. The molecule has 3 nitrogen and oxygen atoms in total. The molecule has 1 aromatic carbocycles. The van der Waals surface area contributed by atoms with Crippen molar-refractivity contribution in [2.24, 2.45) is 0 Å². The van der Waals surface area contributed by atoms with Gasteiger partial charge in [0.25, 0.3) is 0 Å². The van der Waals surface area contributed by atoms with E-state index in [4.69, 9.17) is 32.7 Å². The van der Waals surface area contributed by atoms with Crippen molar-refractivity contribution < 1.29 is 9.47 Å². The third kappa shape index (κ3) is 3.59. The Bertz CT molecular complexity index is 395. The van der Waals surface area contributed by atoms with Crippen LogP contribution in [-0.2, 0) is 15.9 Å². The number of hydrogen-bond acceptors (Lipinski definition) is 3. The lowest BCUT2D eigenvalue weighted by molar-refractivity contribution is -0.0522. The standard InChI is InChI=1S/C13H17Cl2NO2/c1-16-10(8-12-17-5-6-18-12)7-9-3-2-4-11(14)13(9)15/h2-4,10,12,16H,5-8H2,1H3. The Labute approximate surface area is 117 Å². The molecule has 0 spiro atoms. The van der Waals surface area contributed by atoms with Crippen molar-refractivity contribution in [2.75, 3.05) is 20.3 Å². The molecule has 0 aromatic heterocycles. The van der Waals surface area contributed by atoms with E-state index in [0.29, 0.717) is 23.3 Å². The van der Waals surface area contributed by atoms with Crippen LogP contribution in [0.1, 0.15) is 12.0 Å². The second kappa shape index (κ2) is 6.73. The van der Waals surface area contributed by atoms with E-state index in [1.54, 1.807) is 6.07 Å². The molecule has 1 aromatic rings. The van der Waals surface area contributed by atoms with Gasteiger partial charge in [-0.3, -0.25) is 0 Å². The van der Waals surface area contributed by atoms with Crippen molar-refractivity contribution in [1.29, 1.82) is 0 Å². The highest BCUT2D eigenvalue weighted by Crippen LogP contribution is 2.27. The fourth-order valence-electron chi connectivity index (χ4n) is 2.05. The van der Waals surface area contributed by atoms with Crippen LogP contribution in [0, 0.1) is 0 Å². The minimum Gasteiger partial charge on any atom is -0.350 e. The lowest BCUT2D eigenvalue weighted by Gasteiger charge is -2.20. The molecule has 2 rings (SSSR count). The fraction of sp³-hybridized carbons (Fsp3) is 0.538. The highest BCUT2D eigenvalue weighted by atomic mass is 35.5. The van der Waals surface area contributed by atoms with E-state index in [1.807, 2.05) is 19.2 Å². The minimum atomic E-state index is -0.111. The number of ether oxygens (including phenoxy) is 2. The van der Waals surface area contributed by atoms with Crippen molar-refractivity contribution in [3.05, 3.63) is 33.8 Å². The zero-order valence-corrected chi connectivity index (χ0v) is 11.8. The molecule has 1 atom stereocenters. The Morgan fingerprint density at radius 2 is 2.06 bits per heavy atom. The van der Waals surface area contributed by atoms with Crippen molar-refractivity contribution >= 4 is 23.2 Å². The van der Waals surface area contributed by atoms with Gasteiger partial charge in [-0.1, -0.05) is 35.3 Å². The molecule has 1 N–H and O–H groups in total. The Kier molecular flexibility index (Phi) is 5.27. The molecule has 0 aliphatic carbocycles. The molecule has 0 bridgehead atoms. The maximum Gasteiger partial charge on any atom is 0.159 e. The van der Waals surface area contributed by atoms with Gasteiger partial charge < -0.3 is 14.8 Å². The third-order valence-electron chi connectivity index (χ3n) is 3.07. The number of rotatable bonds is 5. The zero-order valence-electron chi connectivity index (χ0n) is 10.3. The van der Waals surface area contributed by atoms with Crippen LogP contribution in [0.2, 0.25) is 10.0 Å². The first-order chi connectivity index (χ1) is 8.70. The summed E-state index contributed by atoms with van der Waals surface area (Å²) in [4.78, 5) is 0. The maximum atomic E-state index is 6.19. The van der Waals surface area contributed by atoms with Gasteiger partial charge in [0.15, 0.2) is 6.29 Å². The molecule has 1 heterocycles. The predicted molar refractivity (Wildman–Crippen MR) is 73.3 cm³/mol. The lowest BCUT2D eigenvalue weighted by Crippen LogP contribution is -2.32. The van der Waals surface area contributed by atoms with Gasteiger partial charge >= 0.3 is 0 Å². The average molecular weight is 290 g/mol. The molecule has 18 heavy (non-hydrogen) atoms. The Morgan fingerprint density at radius 1 is 1.33 bits per heavy atom. The van der Waals surface area contributed by atoms with Crippen LogP contribution in [0.3, 0.4) is 0 Å². The van der Waals surface area contributed by atoms with Crippen molar-refractivity contribution in [3.63, 3.8) is 0 Å². The van der Waals surface area contributed by atoms with Gasteiger partial charge in [-0.05, 0) is 25.1 Å². The summed E-state index contributed by atoms with van der Waals surface area (Å²) in [5.41, 5.74) is 1.04. The van der Waals surface area contributed by atoms with Gasteiger partial charge in [0.2, 0.25) is 0 Å². The minimum absolute atomic E-state index is 0.111. The molecule has 1 unspecified atom stereocenters. The van der Waals surface area contributed by atoms with Gasteiger partial charge in [0, 0.05) is 12.5 Å². The fourth-order valence-corrected chi connectivity index (χ4v) is 2.45. The maximum absolute atomic E-state index is 6.19. The third-order valence-corrected chi connectivity index (χ3v) is 3.93. The Balaban J connectivity index is 1.98. The summed E-state index contributed by atoms with van der Waals surface area (Å²) in [6, 6.07) is 5.96. The molecular weight excluding hydrogens is 273 g/mol. The van der Waals surface area contributed by atoms with Crippen LogP contribution in [0.25, 0.3) is 0 Å². The molecule has 0 radical (unpaired) electrons. The molecular formula is C13H17Cl2NO2. The van der Waals surface area contributed by atoms with Crippen LogP contribution in [-0.4, -0.2) is 32.6 Å². The second-order valence-electron chi connectivity index (χ2n) is 4.31. The van der Waals surface area contributed by atoms with Crippen molar-refractivity contribution in [1.82, 2.24) is 5.32 Å². The van der Waals surface area contributed by atoms with Gasteiger partial charge in [-0.25, -0.2) is 0 Å². The van der Waals surface area contributed by atoms with E-state index in [-0.39, 0.29) is 12.3 Å². The van der Waals surface area contributed by atoms with Gasteiger partial charge in [0.05, 0.1) is 23.3 Å². The van der Waals surface area contributed by atoms with Crippen LogP contribution < -0.4 is 5.32 Å². The highest BCUT2D eigenvalue weighted by molar-refractivity contribution is 6.42. The van der Waals surface area contributed by atoms with Gasteiger partial charge in [0.1, 0.15) is 0 Å². The summed E-state index contributed by atoms with van der Waals surface area (Å²) in [5, 5.41) is 4.49. The van der Waals surface area contributed by atoms with E-state index in [2.05, 4.69) is 5.32 Å². The molecule has 1 aliphatic rings. The first kappa shape index (κ1) is 14.1. The van der Waals surface area contributed by atoms with E-state index in [9.17, 15) is 0 Å². The predicted octanol–water partition coefficient (Wildman–Crippen LogP) is 2.89. The Hall–Kier alpha value is -0.320. The largest absolute Gasteiger partial charge is 0.350 e. The van der Waals surface area contributed by atoms with E-state index in [1.165, 1.54) is 0 Å². The number of nitrogens with one attached hydrogen (secondary N) is 1. The second-order valence-corrected chi connectivity index (χ2v) is 5.09. The molecule has 0 saturated carbocycles. The normalized spacial score (nSPS) is 18.2. The number of halogens is 2. The first-order valence-electron chi connectivity index (χ1n) is 6.04. The number of hydrogen-bond donors (Lipinski definition) is 1. The molecule has 5 heteroatoms. The Morgan fingerprint density at radius 3 is 2.72 bits per heavy atom. The summed E-state index contributed by atoms with van der Waals surface area (Å²) in [6.07, 6.45) is 1.50. The van der Waals surface area contributed by atoms with Crippen LogP contribution >= 0.6 is 23.2 Å². The molecule has 1 fully saturated rings. The summed E-state index contributed by atoms with van der Waals surface area (Å²) < 4.78 is 10.9. The quantitative estimate of drug-likeness (QED) is 0.904. The summed E-state index contributed by atoms with van der Waals surface area (Å²) in [7, 11) is 1.93. The summed E-state index contributed by atoms with van der Waals surface area (Å²) >= 11 is 12.2. The first-order valence-corrected chi connectivity index (χ1v) is 6.79. The molecule has 0 amide bonds. The monoisotopic (exact) mass is 289 g/mol. The van der Waals surface area contributed by atoms with Gasteiger partial charge in [-0.15, -0.1) is 0 Å². The smallest absolute Gasteiger partial charge is 0.159 e. The summed E-state index contributed by atoms with van der Waals surface area (Å²) in [6.45, 7) is 1.36. The van der Waals surface area contributed by atoms with Gasteiger partial charge in [-0.2, -0.15) is 0 Å². The highest BCUT2D eigenvalue weighted by Gasteiger charge is 2.21. The molecule has 100 valence electrons. The SMILES string of the molecule is CNC(Cc1cccc(Cl)c1Cl)CC1OCCO1. The molecule has 1 aliphatic heterocycles. The topological polar surface area (TPSA) is 30.5 Å². The van der Waals surface area contributed by atoms with Crippen molar-refractivity contribution in [2.45, 2.75) is 25.2 Å². The number of benzene rings is 1. The van der Waals surface area contributed by atoms with Crippen LogP contribution in [0.4, 0.5) is 0 Å².